The monoisotopic (exact) mass is 211 g/mol. The standard InChI is InChI=1S/C11H21N3O/c1-5-10(7-15)12-6-11-8(2)13-14(4)9(11)3/h10,12,15H,5-7H2,1-4H3/t10-/m1/s1. The maximum atomic E-state index is 9.06. The van der Waals surface area contributed by atoms with Gasteiger partial charge >= 0.3 is 0 Å². The van der Waals surface area contributed by atoms with Crippen LogP contribution < -0.4 is 5.32 Å². The highest BCUT2D eigenvalue weighted by atomic mass is 16.3. The van der Waals surface area contributed by atoms with E-state index < -0.39 is 0 Å². The number of hydrogen-bond acceptors (Lipinski definition) is 3. The highest BCUT2D eigenvalue weighted by Gasteiger charge is 2.10. The fourth-order valence-corrected chi connectivity index (χ4v) is 1.66. The highest BCUT2D eigenvalue weighted by Crippen LogP contribution is 2.11. The number of hydrogen-bond donors (Lipinski definition) is 2. The molecule has 4 heteroatoms. The molecule has 0 unspecified atom stereocenters. The molecule has 1 aromatic heterocycles. The van der Waals surface area contributed by atoms with Gasteiger partial charge in [-0.2, -0.15) is 5.10 Å². The van der Waals surface area contributed by atoms with Gasteiger partial charge in [-0.1, -0.05) is 6.92 Å². The highest BCUT2D eigenvalue weighted by molar-refractivity contribution is 5.24. The Labute approximate surface area is 91.3 Å². The zero-order valence-corrected chi connectivity index (χ0v) is 10.0. The van der Waals surface area contributed by atoms with Crippen molar-refractivity contribution in [3.63, 3.8) is 0 Å². The molecular weight excluding hydrogens is 190 g/mol. The molecule has 0 bridgehead atoms. The van der Waals surface area contributed by atoms with E-state index in [4.69, 9.17) is 5.11 Å². The summed E-state index contributed by atoms with van der Waals surface area (Å²) in [6.45, 7) is 7.12. The van der Waals surface area contributed by atoms with Crippen LogP contribution in [0.15, 0.2) is 0 Å². The minimum atomic E-state index is 0.184. The van der Waals surface area contributed by atoms with Crippen LogP contribution in [0.4, 0.5) is 0 Å². The Morgan fingerprint density at radius 2 is 2.13 bits per heavy atom. The number of aromatic nitrogens is 2. The maximum absolute atomic E-state index is 9.06. The van der Waals surface area contributed by atoms with E-state index >= 15 is 0 Å². The second-order valence-corrected chi connectivity index (χ2v) is 3.94. The molecule has 0 aliphatic heterocycles. The molecule has 2 N–H and O–H groups in total. The summed E-state index contributed by atoms with van der Waals surface area (Å²) < 4.78 is 1.90. The molecule has 1 rings (SSSR count). The number of nitrogens with zero attached hydrogens (tertiary/aromatic N) is 2. The lowest BCUT2D eigenvalue weighted by atomic mass is 10.1. The molecule has 15 heavy (non-hydrogen) atoms. The van der Waals surface area contributed by atoms with Gasteiger partial charge in [-0.15, -0.1) is 0 Å². The van der Waals surface area contributed by atoms with Gasteiger partial charge in [0, 0.05) is 30.9 Å². The van der Waals surface area contributed by atoms with E-state index in [0.717, 1.165) is 18.7 Å². The van der Waals surface area contributed by atoms with Crippen LogP contribution in [0.2, 0.25) is 0 Å². The second-order valence-electron chi connectivity index (χ2n) is 3.94. The fraction of sp³-hybridized carbons (Fsp3) is 0.727. The fourth-order valence-electron chi connectivity index (χ4n) is 1.66. The minimum absolute atomic E-state index is 0.184. The Hall–Kier alpha value is -0.870. The topological polar surface area (TPSA) is 50.1 Å². The van der Waals surface area contributed by atoms with Gasteiger partial charge in [0.25, 0.3) is 0 Å². The van der Waals surface area contributed by atoms with E-state index in [9.17, 15) is 0 Å². The summed E-state index contributed by atoms with van der Waals surface area (Å²) in [7, 11) is 1.95. The van der Waals surface area contributed by atoms with E-state index in [1.165, 1.54) is 11.3 Å². The molecule has 1 atom stereocenters. The molecule has 0 amide bonds. The van der Waals surface area contributed by atoms with Crippen molar-refractivity contribution in [2.75, 3.05) is 6.61 Å². The molecule has 0 fully saturated rings. The summed E-state index contributed by atoms with van der Waals surface area (Å²) >= 11 is 0. The van der Waals surface area contributed by atoms with E-state index in [-0.39, 0.29) is 12.6 Å². The third kappa shape index (κ3) is 2.79. The predicted molar refractivity (Wildman–Crippen MR) is 60.7 cm³/mol. The summed E-state index contributed by atoms with van der Waals surface area (Å²) in [5.41, 5.74) is 3.49. The molecule has 0 saturated heterocycles. The molecule has 0 aliphatic rings. The molecule has 1 heterocycles. The lowest BCUT2D eigenvalue weighted by molar-refractivity contribution is 0.238. The summed E-state index contributed by atoms with van der Waals surface area (Å²) in [5.74, 6) is 0. The van der Waals surface area contributed by atoms with Gasteiger partial charge in [0.05, 0.1) is 12.3 Å². The van der Waals surface area contributed by atoms with Crippen molar-refractivity contribution < 1.29 is 5.11 Å². The largest absolute Gasteiger partial charge is 0.395 e. The van der Waals surface area contributed by atoms with Crippen molar-refractivity contribution in [3.8, 4) is 0 Å². The Balaban J connectivity index is 2.64. The van der Waals surface area contributed by atoms with Crippen LogP contribution in [0.1, 0.15) is 30.3 Å². The number of aliphatic hydroxyl groups excluding tert-OH is 1. The summed E-state index contributed by atoms with van der Waals surface area (Å²) in [4.78, 5) is 0. The van der Waals surface area contributed by atoms with Crippen LogP contribution in [0.25, 0.3) is 0 Å². The van der Waals surface area contributed by atoms with Crippen molar-refractivity contribution in [1.29, 1.82) is 0 Å². The SMILES string of the molecule is CC[C@H](CO)NCc1c(C)nn(C)c1C. The zero-order chi connectivity index (χ0) is 11.4. The quantitative estimate of drug-likeness (QED) is 0.760. The van der Waals surface area contributed by atoms with Gasteiger partial charge in [-0.3, -0.25) is 4.68 Å². The van der Waals surface area contributed by atoms with Crippen LogP contribution in [0.5, 0.6) is 0 Å². The van der Waals surface area contributed by atoms with Gasteiger partial charge in [0.2, 0.25) is 0 Å². The first-order valence-electron chi connectivity index (χ1n) is 5.43. The Morgan fingerprint density at radius 1 is 1.47 bits per heavy atom. The average Bonchev–Trinajstić information content (AvgIpc) is 2.45. The predicted octanol–water partition coefficient (Wildman–Crippen LogP) is 0.897. The first kappa shape index (κ1) is 12.2. The van der Waals surface area contributed by atoms with Crippen molar-refractivity contribution in [1.82, 2.24) is 15.1 Å². The van der Waals surface area contributed by atoms with Crippen molar-refractivity contribution >= 4 is 0 Å². The minimum Gasteiger partial charge on any atom is -0.395 e. The lowest BCUT2D eigenvalue weighted by Gasteiger charge is -2.13. The van der Waals surface area contributed by atoms with E-state index in [0.29, 0.717) is 0 Å². The average molecular weight is 211 g/mol. The molecule has 0 aliphatic carbocycles. The Bertz CT molecular complexity index is 316. The zero-order valence-electron chi connectivity index (χ0n) is 10.0. The molecule has 0 aromatic carbocycles. The first-order chi connectivity index (χ1) is 7.10. The van der Waals surface area contributed by atoms with Gasteiger partial charge in [0.1, 0.15) is 0 Å². The third-order valence-electron chi connectivity index (χ3n) is 2.94. The normalized spacial score (nSPS) is 13.1. The van der Waals surface area contributed by atoms with Crippen LogP contribution in [0.3, 0.4) is 0 Å². The van der Waals surface area contributed by atoms with E-state index in [1.807, 2.05) is 18.7 Å². The summed E-state index contributed by atoms with van der Waals surface area (Å²) in [6, 6.07) is 0.184. The molecule has 86 valence electrons. The van der Waals surface area contributed by atoms with Crippen LogP contribution in [-0.4, -0.2) is 27.5 Å². The smallest absolute Gasteiger partial charge is 0.0641 e. The maximum Gasteiger partial charge on any atom is 0.0641 e. The third-order valence-corrected chi connectivity index (χ3v) is 2.94. The van der Waals surface area contributed by atoms with Crippen molar-refractivity contribution in [2.45, 2.75) is 39.8 Å². The number of aliphatic hydroxyl groups is 1. The van der Waals surface area contributed by atoms with Crippen LogP contribution in [-0.2, 0) is 13.6 Å². The van der Waals surface area contributed by atoms with Crippen LogP contribution >= 0.6 is 0 Å². The number of rotatable bonds is 5. The Kier molecular flexibility index (Phi) is 4.29. The second kappa shape index (κ2) is 5.28. The van der Waals surface area contributed by atoms with E-state index in [2.05, 4.69) is 24.3 Å². The molecule has 4 nitrogen and oxygen atoms in total. The molecule has 1 aromatic rings. The first-order valence-corrected chi connectivity index (χ1v) is 5.43. The lowest BCUT2D eigenvalue weighted by Crippen LogP contribution is -2.31. The van der Waals surface area contributed by atoms with Crippen LogP contribution in [0, 0.1) is 13.8 Å². The van der Waals surface area contributed by atoms with Gasteiger partial charge in [-0.05, 0) is 20.3 Å². The molecule has 0 spiro atoms. The number of nitrogens with one attached hydrogen (secondary N) is 1. The van der Waals surface area contributed by atoms with Crippen molar-refractivity contribution in [3.05, 3.63) is 17.0 Å². The van der Waals surface area contributed by atoms with Gasteiger partial charge in [-0.25, -0.2) is 0 Å². The van der Waals surface area contributed by atoms with Gasteiger partial charge < -0.3 is 10.4 Å². The molecule has 0 saturated carbocycles. The van der Waals surface area contributed by atoms with Crippen molar-refractivity contribution in [2.24, 2.45) is 7.05 Å². The summed E-state index contributed by atoms with van der Waals surface area (Å²) in [5, 5.41) is 16.7. The summed E-state index contributed by atoms with van der Waals surface area (Å²) in [6.07, 6.45) is 0.939. The molecule has 0 radical (unpaired) electrons. The molecular formula is C11H21N3O. The van der Waals surface area contributed by atoms with E-state index in [1.54, 1.807) is 0 Å². The van der Waals surface area contributed by atoms with Gasteiger partial charge in [0.15, 0.2) is 0 Å². The Morgan fingerprint density at radius 3 is 2.53 bits per heavy atom. The number of aryl methyl sites for hydroxylation is 2.